The topological polar surface area (TPSA) is 134 Å². The number of carbonyl (C=O) groups is 2. The number of benzene rings is 1. The smallest absolute Gasteiger partial charge is 0.425 e. The van der Waals surface area contributed by atoms with Crippen LogP contribution in [0.2, 0.25) is 0 Å². The van der Waals surface area contributed by atoms with Gasteiger partial charge in [0, 0.05) is 7.05 Å². The zero-order valence-electron chi connectivity index (χ0n) is 19.6. The third kappa shape index (κ3) is 6.33. The summed E-state index contributed by atoms with van der Waals surface area (Å²) in [5, 5.41) is 11.6. The summed E-state index contributed by atoms with van der Waals surface area (Å²) in [5.74, 6) is 0.592. The first-order valence-electron chi connectivity index (χ1n) is 10.4. The standard InChI is InChI=1S/C22H27N7O5/c1-22(2,3)34-21(31)29(20(30)32-5)17-13-9-12-16(23-17)14-33-25-18(15-10-7-6-8-11-15)19-24-26-27-28(19)4/h6-13,18,25H,14H2,1-5H3. The van der Waals surface area contributed by atoms with Gasteiger partial charge in [0.25, 0.3) is 0 Å². The number of nitrogens with one attached hydrogen (secondary N) is 1. The van der Waals surface area contributed by atoms with Gasteiger partial charge in [-0.05, 0) is 48.9 Å². The third-order valence-corrected chi connectivity index (χ3v) is 4.42. The van der Waals surface area contributed by atoms with Gasteiger partial charge in [0.1, 0.15) is 24.1 Å². The number of pyridine rings is 1. The Kier molecular flexibility index (Phi) is 7.87. The van der Waals surface area contributed by atoms with Crippen molar-refractivity contribution in [3.8, 4) is 0 Å². The highest BCUT2D eigenvalue weighted by atomic mass is 16.6. The summed E-state index contributed by atoms with van der Waals surface area (Å²) in [5.41, 5.74) is 3.50. The van der Waals surface area contributed by atoms with E-state index in [9.17, 15) is 9.59 Å². The van der Waals surface area contributed by atoms with Crippen LogP contribution in [0, 0.1) is 0 Å². The van der Waals surface area contributed by atoms with Crippen LogP contribution < -0.4 is 10.4 Å². The predicted molar refractivity (Wildman–Crippen MR) is 120 cm³/mol. The van der Waals surface area contributed by atoms with E-state index in [2.05, 4.69) is 26.0 Å². The number of anilines is 1. The van der Waals surface area contributed by atoms with E-state index in [-0.39, 0.29) is 12.4 Å². The maximum Gasteiger partial charge on any atom is 0.425 e. The number of aromatic nitrogens is 5. The average Bonchev–Trinajstić information content (AvgIpc) is 3.22. The largest absolute Gasteiger partial charge is 0.452 e. The fourth-order valence-corrected chi connectivity index (χ4v) is 2.93. The number of imide groups is 1. The Labute approximate surface area is 196 Å². The second kappa shape index (κ2) is 10.8. The molecule has 180 valence electrons. The van der Waals surface area contributed by atoms with E-state index in [4.69, 9.17) is 14.3 Å². The Morgan fingerprint density at radius 3 is 2.44 bits per heavy atom. The van der Waals surface area contributed by atoms with Crippen LogP contribution in [0.4, 0.5) is 15.4 Å². The van der Waals surface area contributed by atoms with Crippen LogP contribution in [0.25, 0.3) is 0 Å². The fraction of sp³-hybridized carbons (Fsp3) is 0.364. The quantitative estimate of drug-likeness (QED) is 0.515. The summed E-state index contributed by atoms with van der Waals surface area (Å²) in [7, 11) is 2.90. The van der Waals surface area contributed by atoms with Crippen LogP contribution in [-0.4, -0.2) is 50.1 Å². The molecule has 0 bridgehead atoms. The van der Waals surface area contributed by atoms with Crippen LogP contribution in [0.5, 0.6) is 0 Å². The van der Waals surface area contributed by atoms with Gasteiger partial charge in [0.15, 0.2) is 5.82 Å². The summed E-state index contributed by atoms with van der Waals surface area (Å²) in [4.78, 5) is 35.7. The lowest BCUT2D eigenvalue weighted by Gasteiger charge is -2.24. The number of nitrogens with zero attached hydrogens (tertiary/aromatic N) is 6. The van der Waals surface area contributed by atoms with Gasteiger partial charge in [0.2, 0.25) is 0 Å². The molecule has 0 fully saturated rings. The lowest BCUT2D eigenvalue weighted by atomic mass is 10.1. The normalized spacial score (nSPS) is 12.1. The van der Waals surface area contributed by atoms with Crippen LogP contribution in [0.3, 0.4) is 0 Å². The van der Waals surface area contributed by atoms with Crippen LogP contribution >= 0.6 is 0 Å². The molecule has 12 nitrogen and oxygen atoms in total. The molecule has 1 N–H and O–H groups in total. The first-order valence-corrected chi connectivity index (χ1v) is 10.4. The molecule has 34 heavy (non-hydrogen) atoms. The first-order chi connectivity index (χ1) is 16.2. The van der Waals surface area contributed by atoms with Crippen molar-refractivity contribution in [3.05, 3.63) is 65.6 Å². The number of methoxy groups -OCH3 is 1. The molecule has 0 radical (unpaired) electrons. The lowest BCUT2D eigenvalue weighted by molar-refractivity contribution is 0.00747. The van der Waals surface area contributed by atoms with E-state index >= 15 is 0 Å². The maximum atomic E-state index is 12.6. The van der Waals surface area contributed by atoms with Crippen molar-refractivity contribution in [2.45, 2.75) is 39.0 Å². The van der Waals surface area contributed by atoms with Gasteiger partial charge in [-0.25, -0.2) is 19.3 Å². The molecule has 0 spiro atoms. The summed E-state index contributed by atoms with van der Waals surface area (Å²) in [6.45, 7) is 5.10. The molecular formula is C22H27N7O5. The Bertz CT molecular complexity index is 1110. The number of tetrazole rings is 1. The molecule has 12 heteroatoms. The van der Waals surface area contributed by atoms with Crippen molar-refractivity contribution in [3.63, 3.8) is 0 Å². The summed E-state index contributed by atoms with van der Waals surface area (Å²) >= 11 is 0. The molecule has 2 aromatic heterocycles. The molecule has 1 unspecified atom stereocenters. The van der Waals surface area contributed by atoms with Gasteiger partial charge in [-0.2, -0.15) is 10.4 Å². The van der Waals surface area contributed by atoms with Gasteiger partial charge >= 0.3 is 12.2 Å². The second-order valence-corrected chi connectivity index (χ2v) is 8.18. The zero-order chi connectivity index (χ0) is 24.7. The number of aryl methyl sites for hydroxylation is 1. The highest BCUT2D eigenvalue weighted by Gasteiger charge is 2.30. The molecule has 2 amide bonds. The minimum Gasteiger partial charge on any atom is -0.452 e. The molecule has 3 aromatic rings. The number of hydrogen-bond acceptors (Lipinski definition) is 10. The van der Waals surface area contributed by atoms with E-state index < -0.39 is 23.8 Å². The molecule has 3 rings (SSSR count). The highest BCUT2D eigenvalue weighted by molar-refractivity contribution is 6.08. The number of hydrogen-bond donors (Lipinski definition) is 1. The summed E-state index contributed by atoms with van der Waals surface area (Å²) in [6.07, 6.45) is -1.82. The SMILES string of the molecule is COC(=O)N(C(=O)OC(C)(C)C)c1cccc(CONC(c2ccccc2)c2nnnn2C)n1. The van der Waals surface area contributed by atoms with Gasteiger partial charge < -0.3 is 9.47 Å². The number of rotatable bonds is 7. The van der Waals surface area contributed by atoms with Crippen molar-refractivity contribution in [2.75, 3.05) is 12.0 Å². The van der Waals surface area contributed by atoms with E-state index in [0.717, 1.165) is 10.5 Å². The van der Waals surface area contributed by atoms with E-state index in [1.165, 1.54) is 13.2 Å². The molecular weight excluding hydrogens is 442 g/mol. The third-order valence-electron chi connectivity index (χ3n) is 4.42. The number of hydroxylamine groups is 1. The van der Waals surface area contributed by atoms with Crippen LogP contribution in [0.15, 0.2) is 48.5 Å². The van der Waals surface area contributed by atoms with E-state index in [1.807, 2.05) is 30.3 Å². The van der Waals surface area contributed by atoms with Gasteiger partial charge in [-0.3, -0.25) is 4.84 Å². The van der Waals surface area contributed by atoms with Gasteiger partial charge in [-0.1, -0.05) is 36.4 Å². The Morgan fingerprint density at radius 2 is 1.82 bits per heavy atom. The molecule has 0 aliphatic rings. The second-order valence-electron chi connectivity index (χ2n) is 8.18. The fourth-order valence-electron chi connectivity index (χ4n) is 2.93. The van der Waals surface area contributed by atoms with Crippen molar-refractivity contribution in [2.24, 2.45) is 7.05 Å². The first kappa shape index (κ1) is 24.7. The van der Waals surface area contributed by atoms with Crippen molar-refractivity contribution >= 4 is 18.0 Å². The van der Waals surface area contributed by atoms with Crippen molar-refractivity contribution in [1.82, 2.24) is 30.7 Å². The van der Waals surface area contributed by atoms with Crippen molar-refractivity contribution < 1.29 is 23.9 Å². The number of ether oxygens (including phenoxy) is 2. The maximum absolute atomic E-state index is 12.6. The Hall–Kier alpha value is -3.90. The van der Waals surface area contributed by atoms with Gasteiger partial charge in [0.05, 0.1) is 12.8 Å². The summed E-state index contributed by atoms with van der Waals surface area (Å²) in [6, 6.07) is 13.9. The molecule has 0 aliphatic heterocycles. The van der Waals surface area contributed by atoms with E-state index in [1.54, 1.807) is 44.6 Å². The molecule has 2 heterocycles. The average molecular weight is 470 g/mol. The Balaban J connectivity index is 1.75. The zero-order valence-corrected chi connectivity index (χ0v) is 19.6. The number of carbonyl (C=O) groups excluding carboxylic acids is 2. The van der Waals surface area contributed by atoms with Crippen molar-refractivity contribution in [1.29, 1.82) is 0 Å². The summed E-state index contributed by atoms with van der Waals surface area (Å²) < 4.78 is 11.6. The predicted octanol–water partition coefficient (Wildman–Crippen LogP) is 2.92. The van der Waals surface area contributed by atoms with Gasteiger partial charge in [-0.15, -0.1) is 5.10 Å². The minimum atomic E-state index is -0.920. The highest BCUT2D eigenvalue weighted by Crippen LogP contribution is 2.20. The molecule has 1 aromatic carbocycles. The Morgan fingerprint density at radius 1 is 1.09 bits per heavy atom. The van der Waals surface area contributed by atoms with E-state index in [0.29, 0.717) is 11.5 Å². The molecule has 1 atom stereocenters. The minimum absolute atomic E-state index is 0.0196. The molecule has 0 saturated carbocycles. The monoisotopic (exact) mass is 469 g/mol. The number of amides is 2. The molecule has 0 aliphatic carbocycles. The van der Waals surface area contributed by atoms with Crippen LogP contribution in [0.1, 0.15) is 43.9 Å². The molecule has 0 saturated heterocycles. The van der Waals surface area contributed by atoms with Crippen LogP contribution in [-0.2, 0) is 28.0 Å². The lowest BCUT2D eigenvalue weighted by Crippen LogP contribution is -2.41.